The van der Waals surface area contributed by atoms with Crippen LogP contribution in [0.2, 0.25) is 5.02 Å². The van der Waals surface area contributed by atoms with Crippen LogP contribution in [-0.2, 0) is 0 Å². The van der Waals surface area contributed by atoms with Gasteiger partial charge in [-0.15, -0.1) is 0 Å². The fourth-order valence-electron chi connectivity index (χ4n) is 3.68. The standard InChI is InChI=1S/C25H17ClIN3O2/c1-32-19-8-10-22-20(13-19)15(14-28-22)2-11-24-29-23-9-5-17(27)12-21(23)25(31)30(24)18-6-3-16(26)4-7-18/h2-14,28H,1H3/b11-2+. The molecule has 0 radical (unpaired) electrons. The predicted octanol–water partition coefficient (Wildman–Crippen LogP) is 6.30. The summed E-state index contributed by atoms with van der Waals surface area (Å²) < 4.78 is 7.95. The summed E-state index contributed by atoms with van der Waals surface area (Å²) in [6.07, 6.45) is 5.73. The maximum Gasteiger partial charge on any atom is 0.266 e. The zero-order chi connectivity index (χ0) is 22.2. The molecule has 0 unspecified atom stereocenters. The average molecular weight is 554 g/mol. The molecule has 7 heteroatoms. The third kappa shape index (κ3) is 3.80. The van der Waals surface area contributed by atoms with Crippen LogP contribution >= 0.6 is 34.2 Å². The van der Waals surface area contributed by atoms with Gasteiger partial charge in [0.25, 0.3) is 5.56 Å². The number of halogens is 2. The zero-order valence-electron chi connectivity index (χ0n) is 17.0. The van der Waals surface area contributed by atoms with Crippen LogP contribution in [0.1, 0.15) is 11.4 Å². The van der Waals surface area contributed by atoms with Crippen molar-refractivity contribution >= 4 is 68.1 Å². The van der Waals surface area contributed by atoms with Crippen molar-refractivity contribution in [3.05, 3.63) is 97.2 Å². The van der Waals surface area contributed by atoms with Crippen molar-refractivity contribution in [2.45, 2.75) is 0 Å². The highest BCUT2D eigenvalue weighted by Crippen LogP contribution is 2.25. The molecular weight excluding hydrogens is 537 g/mol. The molecule has 158 valence electrons. The number of methoxy groups -OCH3 is 1. The molecule has 1 N–H and O–H groups in total. The number of hydrogen-bond acceptors (Lipinski definition) is 3. The maximum atomic E-state index is 13.5. The van der Waals surface area contributed by atoms with Gasteiger partial charge in [0.05, 0.1) is 23.7 Å². The van der Waals surface area contributed by atoms with Crippen LogP contribution in [0.3, 0.4) is 0 Å². The monoisotopic (exact) mass is 553 g/mol. The van der Waals surface area contributed by atoms with Crippen LogP contribution in [0.15, 0.2) is 71.7 Å². The zero-order valence-corrected chi connectivity index (χ0v) is 19.9. The van der Waals surface area contributed by atoms with E-state index in [9.17, 15) is 4.79 Å². The number of nitrogens with zero attached hydrogens (tertiary/aromatic N) is 2. The van der Waals surface area contributed by atoms with Gasteiger partial charge in [-0.1, -0.05) is 11.6 Å². The lowest BCUT2D eigenvalue weighted by Gasteiger charge is -2.12. The number of aromatic nitrogens is 3. The van der Waals surface area contributed by atoms with Gasteiger partial charge in [0, 0.05) is 31.3 Å². The Morgan fingerprint density at radius 3 is 2.62 bits per heavy atom. The predicted molar refractivity (Wildman–Crippen MR) is 139 cm³/mol. The van der Waals surface area contributed by atoms with E-state index >= 15 is 0 Å². The van der Waals surface area contributed by atoms with Crippen molar-refractivity contribution in [3.8, 4) is 11.4 Å². The molecule has 3 aromatic carbocycles. The van der Waals surface area contributed by atoms with Crippen LogP contribution in [0.4, 0.5) is 0 Å². The number of hydrogen-bond donors (Lipinski definition) is 1. The molecule has 5 aromatic rings. The van der Waals surface area contributed by atoms with Crippen LogP contribution in [0.5, 0.6) is 5.75 Å². The lowest BCUT2D eigenvalue weighted by atomic mass is 10.1. The molecule has 0 bridgehead atoms. The number of rotatable bonds is 4. The van der Waals surface area contributed by atoms with Gasteiger partial charge in [0.1, 0.15) is 11.6 Å². The number of fused-ring (bicyclic) bond motifs is 2. The molecule has 2 heterocycles. The van der Waals surface area contributed by atoms with E-state index in [1.54, 1.807) is 23.8 Å². The third-order valence-corrected chi connectivity index (χ3v) is 6.20. The highest BCUT2D eigenvalue weighted by Gasteiger charge is 2.12. The van der Waals surface area contributed by atoms with E-state index in [-0.39, 0.29) is 5.56 Å². The van der Waals surface area contributed by atoms with Crippen molar-refractivity contribution in [1.29, 1.82) is 0 Å². The third-order valence-electron chi connectivity index (χ3n) is 5.27. The first-order valence-electron chi connectivity index (χ1n) is 9.85. The summed E-state index contributed by atoms with van der Waals surface area (Å²) in [4.78, 5) is 21.5. The minimum Gasteiger partial charge on any atom is -0.497 e. The van der Waals surface area contributed by atoms with Crippen molar-refractivity contribution in [2.24, 2.45) is 0 Å². The van der Waals surface area contributed by atoms with Crippen LogP contribution in [0.25, 0.3) is 39.6 Å². The Bertz CT molecular complexity index is 1550. The summed E-state index contributed by atoms with van der Waals surface area (Å²) in [7, 11) is 1.65. The van der Waals surface area contributed by atoms with Gasteiger partial charge >= 0.3 is 0 Å². The van der Waals surface area contributed by atoms with E-state index in [2.05, 4.69) is 27.6 Å². The van der Waals surface area contributed by atoms with E-state index < -0.39 is 0 Å². The quantitative estimate of drug-likeness (QED) is 0.266. The smallest absolute Gasteiger partial charge is 0.266 e. The first kappa shape index (κ1) is 20.8. The Labute approximate surface area is 202 Å². The highest BCUT2D eigenvalue weighted by molar-refractivity contribution is 14.1. The highest BCUT2D eigenvalue weighted by atomic mass is 127. The minimum absolute atomic E-state index is 0.129. The number of nitrogens with one attached hydrogen (secondary N) is 1. The molecule has 0 amide bonds. The van der Waals surface area contributed by atoms with E-state index in [0.29, 0.717) is 27.4 Å². The fraction of sp³-hybridized carbons (Fsp3) is 0.0400. The largest absolute Gasteiger partial charge is 0.497 e. The van der Waals surface area contributed by atoms with E-state index in [0.717, 1.165) is 25.8 Å². The average Bonchev–Trinajstić information content (AvgIpc) is 3.21. The molecule has 0 aliphatic rings. The molecule has 32 heavy (non-hydrogen) atoms. The molecule has 0 spiro atoms. The molecule has 0 saturated carbocycles. The Kier molecular flexibility index (Phi) is 5.48. The lowest BCUT2D eigenvalue weighted by molar-refractivity contribution is 0.415. The van der Waals surface area contributed by atoms with Crippen molar-refractivity contribution in [3.63, 3.8) is 0 Å². The van der Waals surface area contributed by atoms with Crippen molar-refractivity contribution in [1.82, 2.24) is 14.5 Å². The molecule has 2 aromatic heterocycles. The molecule has 0 saturated heterocycles. The Morgan fingerprint density at radius 1 is 1.03 bits per heavy atom. The first-order chi connectivity index (χ1) is 15.5. The molecular formula is C25H17ClIN3O2. The van der Waals surface area contributed by atoms with E-state index in [1.165, 1.54) is 0 Å². The fourth-order valence-corrected chi connectivity index (χ4v) is 4.29. The van der Waals surface area contributed by atoms with E-state index in [1.807, 2.05) is 66.9 Å². The van der Waals surface area contributed by atoms with Gasteiger partial charge in [0.2, 0.25) is 0 Å². The van der Waals surface area contributed by atoms with Gasteiger partial charge in [-0.2, -0.15) is 0 Å². The van der Waals surface area contributed by atoms with Crippen LogP contribution in [-0.4, -0.2) is 21.6 Å². The summed E-state index contributed by atoms with van der Waals surface area (Å²) >= 11 is 8.27. The SMILES string of the molecule is COc1ccc2[nH]cc(/C=C/c3nc4ccc(I)cc4c(=O)n3-c3ccc(Cl)cc3)c2c1. The topological polar surface area (TPSA) is 59.9 Å². The lowest BCUT2D eigenvalue weighted by Crippen LogP contribution is -2.22. The summed E-state index contributed by atoms with van der Waals surface area (Å²) in [6.45, 7) is 0. The number of aromatic amines is 1. The van der Waals surface area contributed by atoms with Crippen LogP contribution in [0, 0.1) is 3.57 Å². The minimum atomic E-state index is -0.129. The van der Waals surface area contributed by atoms with Gasteiger partial charge in [-0.3, -0.25) is 9.36 Å². The van der Waals surface area contributed by atoms with Gasteiger partial charge in [0.15, 0.2) is 0 Å². The maximum absolute atomic E-state index is 13.5. The summed E-state index contributed by atoms with van der Waals surface area (Å²) in [6, 6.07) is 18.7. The van der Waals surface area contributed by atoms with Gasteiger partial charge in [-0.25, -0.2) is 4.98 Å². The van der Waals surface area contributed by atoms with Gasteiger partial charge < -0.3 is 9.72 Å². The Balaban J connectivity index is 1.71. The summed E-state index contributed by atoms with van der Waals surface area (Å²) in [5.41, 5.74) is 3.20. The van der Waals surface area contributed by atoms with Crippen molar-refractivity contribution < 1.29 is 4.74 Å². The normalized spacial score (nSPS) is 11.6. The molecule has 0 fully saturated rings. The van der Waals surface area contributed by atoms with Crippen molar-refractivity contribution in [2.75, 3.05) is 7.11 Å². The molecule has 0 aliphatic carbocycles. The number of benzene rings is 3. The first-order valence-corrected chi connectivity index (χ1v) is 11.3. The summed E-state index contributed by atoms with van der Waals surface area (Å²) in [5, 5.41) is 2.20. The molecule has 5 nitrogen and oxygen atoms in total. The number of ether oxygens (including phenoxy) is 1. The Hall–Kier alpha value is -3.10. The second kappa shape index (κ2) is 8.44. The second-order valence-corrected chi connectivity index (χ2v) is 8.92. The number of H-pyrrole nitrogens is 1. The Morgan fingerprint density at radius 2 is 1.84 bits per heavy atom. The second-order valence-electron chi connectivity index (χ2n) is 7.24. The van der Waals surface area contributed by atoms with Crippen LogP contribution < -0.4 is 10.3 Å². The molecule has 0 aliphatic heterocycles. The molecule has 0 atom stereocenters. The van der Waals surface area contributed by atoms with E-state index in [4.69, 9.17) is 21.3 Å². The molecule has 5 rings (SSSR count). The summed E-state index contributed by atoms with van der Waals surface area (Å²) in [5.74, 6) is 1.31. The van der Waals surface area contributed by atoms with Gasteiger partial charge in [-0.05, 0) is 95.4 Å².